The van der Waals surface area contributed by atoms with Crippen LogP contribution < -0.4 is 10.6 Å². The van der Waals surface area contributed by atoms with Crippen molar-refractivity contribution in [2.75, 3.05) is 12.4 Å². The van der Waals surface area contributed by atoms with Gasteiger partial charge in [-0.05, 0) is 23.4 Å². The lowest BCUT2D eigenvalue weighted by Crippen LogP contribution is -2.53. The van der Waals surface area contributed by atoms with E-state index in [1.165, 1.54) is 23.2 Å². The average Bonchev–Trinajstić information content (AvgIpc) is 2.84. The summed E-state index contributed by atoms with van der Waals surface area (Å²) in [6, 6.07) is 1.14. The molecule has 0 aromatic carbocycles. The highest BCUT2D eigenvalue weighted by Crippen LogP contribution is 2.24. The standard InChI is InChI=1S/C14H17N3O4S/c1-8(18)15-14-9(5-6-22-14)7-12(20)17(2)10-3-4-11(19)16-13(10)21/h5-6,10H,3-4,7H2,1-2H3,(H,15,18)(H,16,19,21). The van der Waals surface area contributed by atoms with Crippen LogP contribution in [0, 0.1) is 0 Å². The average molecular weight is 323 g/mol. The number of amides is 4. The van der Waals surface area contributed by atoms with Crippen LogP contribution in [0.1, 0.15) is 25.3 Å². The molecule has 0 saturated carbocycles. The molecular weight excluding hydrogens is 306 g/mol. The van der Waals surface area contributed by atoms with Gasteiger partial charge in [-0.25, -0.2) is 0 Å². The fraction of sp³-hybridized carbons (Fsp3) is 0.429. The first-order valence-corrected chi connectivity index (χ1v) is 7.69. The summed E-state index contributed by atoms with van der Waals surface area (Å²) in [5.41, 5.74) is 0.712. The molecule has 0 spiro atoms. The van der Waals surface area contributed by atoms with E-state index in [1.54, 1.807) is 18.5 Å². The van der Waals surface area contributed by atoms with E-state index in [4.69, 9.17) is 0 Å². The molecule has 118 valence electrons. The number of nitrogens with zero attached hydrogens (tertiary/aromatic N) is 1. The van der Waals surface area contributed by atoms with Crippen LogP contribution in [0.3, 0.4) is 0 Å². The number of hydrogen-bond acceptors (Lipinski definition) is 5. The van der Waals surface area contributed by atoms with Gasteiger partial charge in [0.1, 0.15) is 6.04 Å². The number of piperidine rings is 1. The molecule has 1 aromatic rings. The molecule has 0 radical (unpaired) electrons. The summed E-state index contributed by atoms with van der Waals surface area (Å²) < 4.78 is 0. The van der Waals surface area contributed by atoms with Gasteiger partial charge in [-0.1, -0.05) is 0 Å². The molecule has 4 amide bonds. The normalized spacial score (nSPS) is 17.8. The van der Waals surface area contributed by atoms with Gasteiger partial charge in [-0.3, -0.25) is 24.5 Å². The van der Waals surface area contributed by atoms with Crippen molar-refractivity contribution < 1.29 is 19.2 Å². The molecule has 1 aliphatic rings. The smallest absolute Gasteiger partial charge is 0.249 e. The van der Waals surface area contributed by atoms with Crippen molar-refractivity contribution in [2.24, 2.45) is 0 Å². The van der Waals surface area contributed by atoms with Crippen LogP contribution >= 0.6 is 11.3 Å². The molecule has 1 atom stereocenters. The monoisotopic (exact) mass is 323 g/mol. The Kier molecular flexibility index (Phi) is 4.92. The summed E-state index contributed by atoms with van der Waals surface area (Å²) in [6.07, 6.45) is 0.645. The van der Waals surface area contributed by atoms with Gasteiger partial charge >= 0.3 is 0 Å². The molecule has 7 nitrogen and oxygen atoms in total. The fourth-order valence-corrected chi connectivity index (χ4v) is 3.12. The summed E-state index contributed by atoms with van der Waals surface area (Å²) in [5, 5.41) is 7.34. The second-order valence-electron chi connectivity index (χ2n) is 5.10. The van der Waals surface area contributed by atoms with E-state index in [0.29, 0.717) is 17.0 Å². The Morgan fingerprint density at radius 3 is 2.82 bits per heavy atom. The molecule has 0 aliphatic carbocycles. The van der Waals surface area contributed by atoms with Gasteiger partial charge in [0.25, 0.3) is 0 Å². The third-order valence-electron chi connectivity index (χ3n) is 3.45. The highest BCUT2D eigenvalue weighted by molar-refractivity contribution is 7.14. The number of hydrogen-bond donors (Lipinski definition) is 2. The molecule has 1 saturated heterocycles. The van der Waals surface area contributed by atoms with Gasteiger partial charge in [0.2, 0.25) is 23.6 Å². The molecule has 2 heterocycles. The van der Waals surface area contributed by atoms with Gasteiger partial charge in [0.15, 0.2) is 0 Å². The SMILES string of the molecule is CC(=O)Nc1sccc1CC(=O)N(C)C1CCC(=O)NC1=O. The molecule has 1 aromatic heterocycles. The minimum Gasteiger partial charge on any atom is -0.333 e. The van der Waals surface area contributed by atoms with E-state index in [9.17, 15) is 19.2 Å². The Morgan fingerprint density at radius 2 is 2.18 bits per heavy atom. The Hall–Kier alpha value is -2.22. The van der Waals surface area contributed by atoms with E-state index in [0.717, 1.165) is 0 Å². The van der Waals surface area contributed by atoms with E-state index >= 15 is 0 Å². The molecule has 2 rings (SSSR count). The van der Waals surface area contributed by atoms with Gasteiger partial charge in [0, 0.05) is 20.4 Å². The zero-order chi connectivity index (χ0) is 16.3. The maximum atomic E-state index is 12.3. The topological polar surface area (TPSA) is 95.6 Å². The van der Waals surface area contributed by atoms with E-state index in [-0.39, 0.29) is 30.6 Å². The highest BCUT2D eigenvalue weighted by atomic mass is 32.1. The van der Waals surface area contributed by atoms with Crippen LogP contribution in [0.4, 0.5) is 5.00 Å². The number of likely N-dealkylation sites (N-methyl/N-ethyl adjacent to an activating group) is 1. The molecule has 22 heavy (non-hydrogen) atoms. The summed E-state index contributed by atoms with van der Waals surface area (Å²) >= 11 is 1.34. The first kappa shape index (κ1) is 16.2. The molecular formula is C14H17N3O4S. The van der Waals surface area contributed by atoms with Crippen molar-refractivity contribution in [1.82, 2.24) is 10.2 Å². The van der Waals surface area contributed by atoms with Crippen molar-refractivity contribution >= 4 is 40.0 Å². The number of anilines is 1. The third-order valence-corrected chi connectivity index (χ3v) is 4.32. The lowest BCUT2D eigenvalue weighted by molar-refractivity contribution is -0.144. The second kappa shape index (κ2) is 6.69. The number of thiophene rings is 1. The van der Waals surface area contributed by atoms with Crippen LogP contribution in [-0.4, -0.2) is 41.6 Å². The molecule has 2 N–H and O–H groups in total. The molecule has 1 unspecified atom stereocenters. The Balaban J connectivity index is 2.03. The van der Waals surface area contributed by atoms with Gasteiger partial charge in [0.05, 0.1) is 11.4 Å². The van der Waals surface area contributed by atoms with Crippen LogP contribution in [0.15, 0.2) is 11.4 Å². The number of rotatable bonds is 4. The molecule has 1 fully saturated rings. The predicted octanol–water partition coefficient (Wildman–Crippen LogP) is 0.513. The number of carbonyl (C=O) groups excluding carboxylic acids is 4. The molecule has 8 heteroatoms. The first-order chi connectivity index (χ1) is 10.4. The predicted molar refractivity (Wildman–Crippen MR) is 81.3 cm³/mol. The summed E-state index contributed by atoms with van der Waals surface area (Å²) in [4.78, 5) is 47.7. The molecule has 0 bridgehead atoms. The summed E-state index contributed by atoms with van der Waals surface area (Å²) in [6.45, 7) is 1.40. The number of imide groups is 1. The lowest BCUT2D eigenvalue weighted by atomic mass is 10.0. The first-order valence-electron chi connectivity index (χ1n) is 6.81. The van der Waals surface area contributed by atoms with E-state index in [1.807, 2.05) is 0 Å². The van der Waals surface area contributed by atoms with Crippen molar-refractivity contribution in [3.63, 3.8) is 0 Å². The zero-order valence-corrected chi connectivity index (χ0v) is 13.2. The van der Waals surface area contributed by atoms with Crippen LogP contribution in [0.5, 0.6) is 0 Å². The second-order valence-corrected chi connectivity index (χ2v) is 6.02. The quantitative estimate of drug-likeness (QED) is 0.789. The van der Waals surface area contributed by atoms with E-state index < -0.39 is 11.9 Å². The maximum Gasteiger partial charge on any atom is 0.249 e. The number of carbonyl (C=O) groups is 4. The highest BCUT2D eigenvalue weighted by Gasteiger charge is 2.32. The van der Waals surface area contributed by atoms with Crippen LogP contribution in [-0.2, 0) is 25.6 Å². The minimum absolute atomic E-state index is 0.0906. The zero-order valence-electron chi connectivity index (χ0n) is 12.3. The largest absolute Gasteiger partial charge is 0.333 e. The van der Waals surface area contributed by atoms with Crippen LogP contribution in [0.25, 0.3) is 0 Å². The minimum atomic E-state index is -0.631. The van der Waals surface area contributed by atoms with Crippen molar-refractivity contribution in [3.05, 3.63) is 17.0 Å². The summed E-state index contributed by atoms with van der Waals surface area (Å²) in [7, 11) is 1.55. The molecule has 1 aliphatic heterocycles. The Labute approximate surface area is 131 Å². The van der Waals surface area contributed by atoms with Gasteiger partial charge in [-0.2, -0.15) is 0 Å². The van der Waals surface area contributed by atoms with E-state index in [2.05, 4.69) is 10.6 Å². The Bertz CT molecular complexity index is 625. The van der Waals surface area contributed by atoms with Gasteiger partial charge < -0.3 is 10.2 Å². The maximum absolute atomic E-state index is 12.3. The van der Waals surface area contributed by atoms with Gasteiger partial charge in [-0.15, -0.1) is 11.3 Å². The number of nitrogens with one attached hydrogen (secondary N) is 2. The summed E-state index contributed by atoms with van der Waals surface area (Å²) in [5.74, 6) is -1.19. The van der Waals surface area contributed by atoms with Crippen molar-refractivity contribution in [3.8, 4) is 0 Å². The van der Waals surface area contributed by atoms with Crippen molar-refractivity contribution in [2.45, 2.75) is 32.2 Å². The third kappa shape index (κ3) is 3.70. The Morgan fingerprint density at radius 1 is 1.45 bits per heavy atom. The van der Waals surface area contributed by atoms with Crippen LogP contribution in [0.2, 0.25) is 0 Å². The van der Waals surface area contributed by atoms with Crippen molar-refractivity contribution in [1.29, 1.82) is 0 Å². The fourth-order valence-electron chi connectivity index (χ4n) is 2.26. The lowest BCUT2D eigenvalue weighted by Gasteiger charge is -2.29.